The van der Waals surface area contributed by atoms with Crippen LogP contribution < -0.4 is 10.6 Å². The fourth-order valence-electron chi connectivity index (χ4n) is 1.95. The van der Waals surface area contributed by atoms with Crippen LogP contribution in [0.5, 0.6) is 0 Å². The van der Waals surface area contributed by atoms with Gasteiger partial charge in [0, 0.05) is 17.8 Å². The normalized spacial score (nSPS) is 10.3. The van der Waals surface area contributed by atoms with Gasteiger partial charge in [-0.1, -0.05) is 19.8 Å². The van der Waals surface area contributed by atoms with Crippen LogP contribution in [0.4, 0.5) is 17.5 Å². The monoisotopic (exact) mass is 299 g/mol. The minimum Gasteiger partial charge on any atom is -0.353 e. The molecule has 1 aromatic carbocycles. The molecule has 2 N–H and O–H groups in total. The zero-order valence-corrected chi connectivity index (χ0v) is 13.0. The molecular weight excluding hydrogens is 278 g/mol. The third-order valence-electron chi connectivity index (χ3n) is 3.19. The second-order valence-electron chi connectivity index (χ2n) is 5.06. The molecule has 0 aliphatic heterocycles. The van der Waals surface area contributed by atoms with Crippen molar-refractivity contribution in [2.75, 3.05) is 17.2 Å². The molecule has 0 fully saturated rings. The molecule has 0 bridgehead atoms. The summed E-state index contributed by atoms with van der Waals surface area (Å²) < 4.78 is 0. The molecule has 0 radical (unpaired) electrons. The van der Waals surface area contributed by atoms with Crippen LogP contribution in [-0.4, -0.2) is 27.5 Å². The third kappa shape index (κ3) is 4.80. The van der Waals surface area contributed by atoms with Crippen molar-refractivity contribution in [2.24, 2.45) is 0 Å². The molecule has 0 spiro atoms. The zero-order chi connectivity index (χ0) is 15.8. The van der Waals surface area contributed by atoms with Crippen LogP contribution in [0.15, 0.2) is 30.5 Å². The lowest BCUT2D eigenvalue weighted by Crippen LogP contribution is -2.07. The Kier molecular flexibility index (Phi) is 5.82. The van der Waals surface area contributed by atoms with Gasteiger partial charge in [-0.2, -0.15) is 10.1 Å². The van der Waals surface area contributed by atoms with Gasteiger partial charge in [-0.05, 0) is 37.6 Å². The Morgan fingerprint density at radius 3 is 2.64 bits per heavy atom. The van der Waals surface area contributed by atoms with Gasteiger partial charge in [0.2, 0.25) is 5.95 Å². The lowest BCUT2D eigenvalue weighted by atomic mass is 10.1. The van der Waals surface area contributed by atoms with Crippen LogP contribution in [0.3, 0.4) is 0 Å². The molecular formula is C16H21N5O. The van der Waals surface area contributed by atoms with E-state index < -0.39 is 0 Å². The van der Waals surface area contributed by atoms with Crippen molar-refractivity contribution in [3.05, 3.63) is 36.0 Å². The first-order valence-electron chi connectivity index (χ1n) is 7.50. The van der Waals surface area contributed by atoms with Crippen molar-refractivity contribution < 1.29 is 4.79 Å². The highest BCUT2D eigenvalue weighted by atomic mass is 16.1. The summed E-state index contributed by atoms with van der Waals surface area (Å²) in [7, 11) is 0. The fraction of sp³-hybridized carbons (Fsp3) is 0.375. The molecule has 0 atom stereocenters. The molecule has 22 heavy (non-hydrogen) atoms. The van der Waals surface area contributed by atoms with E-state index in [2.05, 4.69) is 32.7 Å². The first kappa shape index (κ1) is 15.9. The molecule has 2 rings (SSSR count). The van der Waals surface area contributed by atoms with Crippen molar-refractivity contribution in [3.8, 4) is 0 Å². The first-order chi connectivity index (χ1) is 10.7. The topological polar surface area (TPSA) is 79.8 Å². The van der Waals surface area contributed by atoms with Gasteiger partial charge in [-0.3, -0.25) is 4.79 Å². The number of rotatable bonds is 8. The highest BCUT2D eigenvalue weighted by molar-refractivity contribution is 5.94. The molecule has 6 heteroatoms. The Hall–Kier alpha value is -2.50. The molecule has 0 unspecified atom stereocenters. The minimum atomic E-state index is 0.0498. The van der Waals surface area contributed by atoms with Crippen LogP contribution in [-0.2, 0) is 0 Å². The molecule has 1 aromatic heterocycles. The number of hydrogen-bond donors (Lipinski definition) is 2. The van der Waals surface area contributed by atoms with Gasteiger partial charge in [-0.25, -0.2) is 0 Å². The van der Waals surface area contributed by atoms with Crippen LogP contribution in [0.25, 0.3) is 0 Å². The van der Waals surface area contributed by atoms with E-state index in [1.54, 1.807) is 25.3 Å². The van der Waals surface area contributed by atoms with Gasteiger partial charge in [0.1, 0.15) is 0 Å². The molecule has 1 heterocycles. The summed E-state index contributed by atoms with van der Waals surface area (Å²) in [5, 5.41) is 14.2. The maximum atomic E-state index is 11.2. The Morgan fingerprint density at radius 1 is 1.18 bits per heavy atom. The van der Waals surface area contributed by atoms with E-state index in [4.69, 9.17) is 0 Å². The maximum absolute atomic E-state index is 11.2. The molecule has 0 aliphatic carbocycles. The Morgan fingerprint density at radius 2 is 1.95 bits per heavy atom. The number of Topliss-reactive ketones (excluding diaryl/α,β-unsaturated/α-hetero) is 1. The molecule has 2 aromatic rings. The quantitative estimate of drug-likeness (QED) is 0.574. The molecule has 0 saturated heterocycles. The second kappa shape index (κ2) is 8.07. The Balaban J connectivity index is 1.96. The number of carbonyl (C=O) groups excluding carboxylic acids is 1. The van der Waals surface area contributed by atoms with E-state index in [0.717, 1.165) is 18.7 Å². The summed E-state index contributed by atoms with van der Waals surface area (Å²) in [6.45, 7) is 4.56. The third-order valence-corrected chi connectivity index (χ3v) is 3.19. The largest absolute Gasteiger partial charge is 0.353 e. The van der Waals surface area contributed by atoms with Gasteiger partial charge in [0.15, 0.2) is 11.6 Å². The number of carbonyl (C=O) groups is 1. The summed E-state index contributed by atoms with van der Waals surface area (Å²) in [4.78, 5) is 15.6. The molecule has 6 nitrogen and oxygen atoms in total. The predicted octanol–water partition coefficient (Wildman–Crippen LogP) is 3.42. The molecule has 0 aliphatic rings. The Labute approximate surface area is 130 Å². The van der Waals surface area contributed by atoms with Crippen LogP contribution in [0, 0.1) is 0 Å². The van der Waals surface area contributed by atoms with E-state index in [0.29, 0.717) is 17.3 Å². The number of nitrogens with one attached hydrogen (secondary N) is 2. The number of benzene rings is 1. The number of anilines is 3. The van der Waals surface area contributed by atoms with Crippen molar-refractivity contribution in [2.45, 2.75) is 33.1 Å². The predicted molar refractivity (Wildman–Crippen MR) is 87.6 cm³/mol. The minimum absolute atomic E-state index is 0.0498. The van der Waals surface area contributed by atoms with Gasteiger partial charge in [0.05, 0.1) is 6.20 Å². The standard InChI is InChI=1S/C16H21N5O/c1-3-4-5-10-17-16-20-15(11-18-21-16)19-14-8-6-13(7-9-14)12(2)22/h6-9,11H,3-5,10H2,1-2H3,(H2,17,19,20,21). The fourth-order valence-corrected chi connectivity index (χ4v) is 1.95. The van der Waals surface area contributed by atoms with Crippen molar-refractivity contribution in [1.29, 1.82) is 0 Å². The number of unbranched alkanes of at least 4 members (excludes halogenated alkanes) is 2. The van der Waals surface area contributed by atoms with Crippen molar-refractivity contribution >= 4 is 23.2 Å². The maximum Gasteiger partial charge on any atom is 0.244 e. The lowest BCUT2D eigenvalue weighted by Gasteiger charge is -2.08. The summed E-state index contributed by atoms with van der Waals surface area (Å²) in [5.74, 6) is 1.18. The molecule has 0 saturated carbocycles. The first-order valence-corrected chi connectivity index (χ1v) is 7.50. The lowest BCUT2D eigenvalue weighted by molar-refractivity contribution is 0.101. The summed E-state index contributed by atoms with van der Waals surface area (Å²) in [5.41, 5.74) is 1.53. The highest BCUT2D eigenvalue weighted by Crippen LogP contribution is 2.15. The molecule has 116 valence electrons. The number of ketones is 1. The molecule has 0 amide bonds. The number of hydrogen-bond acceptors (Lipinski definition) is 6. The number of aromatic nitrogens is 3. The Bertz CT molecular complexity index is 612. The van der Waals surface area contributed by atoms with E-state index in [9.17, 15) is 4.79 Å². The van der Waals surface area contributed by atoms with Gasteiger partial charge in [-0.15, -0.1) is 5.10 Å². The van der Waals surface area contributed by atoms with Gasteiger partial charge in [0.25, 0.3) is 0 Å². The smallest absolute Gasteiger partial charge is 0.244 e. The number of nitrogens with zero attached hydrogens (tertiary/aromatic N) is 3. The second-order valence-corrected chi connectivity index (χ2v) is 5.06. The highest BCUT2D eigenvalue weighted by Gasteiger charge is 2.02. The van der Waals surface area contributed by atoms with E-state index >= 15 is 0 Å². The summed E-state index contributed by atoms with van der Waals surface area (Å²) >= 11 is 0. The van der Waals surface area contributed by atoms with Crippen LogP contribution in [0.1, 0.15) is 43.5 Å². The average Bonchev–Trinajstić information content (AvgIpc) is 2.52. The van der Waals surface area contributed by atoms with E-state index in [-0.39, 0.29) is 5.78 Å². The van der Waals surface area contributed by atoms with Gasteiger partial charge >= 0.3 is 0 Å². The summed E-state index contributed by atoms with van der Waals surface area (Å²) in [6.07, 6.45) is 5.01. The SMILES string of the molecule is CCCCCNc1nncc(Nc2ccc(C(C)=O)cc2)n1. The average molecular weight is 299 g/mol. The van der Waals surface area contributed by atoms with Crippen LogP contribution in [0.2, 0.25) is 0 Å². The van der Waals surface area contributed by atoms with E-state index in [1.807, 2.05) is 12.1 Å². The van der Waals surface area contributed by atoms with Crippen molar-refractivity contribution in [3.63, 3.8) is 0 Å². The van der Waals surface area contributed by atoms with Crippen LogP contribution >= 0.6 is 0 Å². The van der Waals surface area contributed by atoms with Crippen molar-refractivity contribution in [1.82, 2.24) is 15.2 Å². The van der Waals surface area contributed by atoms with E-state index in [1.165, 1.54) is 12.8 Å². The zero-order valence-electron chi connectivity index (χ0n) is 13.0. The van der Waals surface area contributed by atoms with Gasteiger partial charge < -0.3 is 10.6 Å². The summed E-state index contributed by atoms with van der Waals surface area (Å²) in [6, 6.07) is 7.24.